The lowest BCUT2D eigenvalue weighted by molar-refractivity contribution is -0.166. The monoisotopic (exact) mass is 239 g/mol. The van der Waals surface area contributed by atoms with Crippen LogP contribution in [0.25, 0.3) is 0 Å². The first-order chi connectivity index (χ1) is 7.33. The number of carboxylic acid groups (broad SMARTS) is 1. The summed E-state index contributed by atoms with van der Waals surface area (Å²) >= 11 is 0. The molecule has 1 N–H and O–H groups in total. The molecule has 0 amide bonds. The van der Waals surface area contributed by atoms with Crippen LogP contribution in [0, 0.1) is 5.92 Å². The third-order valence-electron chi connectivity index (χ3n) is 3.07. The van der Waals surface area contributed by atoms with E-state index < -0.39 is 24.7 Å². The fourth-order valence-corrected chi connectivity index (χ4v) is 2.13. The van der Waals surface area contributed by atoms with Crippen LogP contribution in [0.2, 0.25) is 0 Å². The summed E-state index contributed by atoms with van der Waals surface area (Å²) in [4.78, 5) is 11.9. The Kier molecular flexibility index (Phi) is 4.18. The van der Waals surface area contributed by atoms with E-state index in [1.54, 1.807) is 0 Å². The van der Waals surface area contributed by atoms with Gasteiger partial charge in [-0.3, -0.25) is 9.69 Å². The highest BCUT2D eigenvalue weighted by molar-refractivity contribution is 5.73. The third kappa shape index (κ3) is 3.66. The van der Waals surface area contributed by atoms with Crippen LogP contribution in [0.15, 0.2) is 0 Å². The lowest BCUT2D eigenvalue weighted by atomic mass is 9.89. The van der Waals surface area contributed by atoms with E-state index in [2.05, 4.69) is 0 Å². The molecule has 1 aliphatic rings. The van der Waals surface area contributed by atoms with Gasteiger partial charge in [0, 0.05) is 0 Å². The molecule has 1 saturated heterocycles. The van der Waals surface area contributed by atoms with Crippen LogP contribution in [0.4, 0.5) is 13.2 Å². The van der Waals surface area contributed by atoms with E-state index in [1.807, 2.05) is 6.92 Å². The highest BCUT2D eigenvalue weighted by Gasteiger charge is 2.39. The predicted molar refractivity (Wildman–Crippen MR) is 52.1 cm³/mol. The molecule has 1 aliphatic heterocycles. The average Bonchev–Trinajstić information content (AvgIpc) is 2.15. The van der Waals surface area contributed by atoms with E-state index in [-0.39, 0.29) is 12.5 Å². The van der Waals surface area contributed by atoms with Crippen molar-refractivity contribution in [1.82, 2.24) is 4.90 Å². The molecule has 6 heteroatoms. The Balaban J connectivity index is 2.65. The van der Waals surface area contributed by atoms with Gasteiger partial charge in [-0.15, -0.1) is 0 Å². The van der Waals surface area contributed by atoms with Crippen molar-refractivity contribution in [3.63, 3.8) is 0 Å². The Bertz CT molecular complexity index is 255. The molecule has 1 fully saturated rings. The zero-order valence-corrected chi connectivity index (χ0v) is 9.13. The summed E-state index contributed by atoms with van der Waals surface area (Å²) in [5.74, 6) is -0.923. The molecule has 94 valence electrons. The molecular weight excluding hydrogens is 223 g/mol. The molecule has 0 radical (unpaired) electrons. The summed E-state index contributed by atoms with van der Waals surface area (Å²) in [6, 6.07) is -0.986. The lowest BCUT2D eigenvalue weighted by Gasteiger charge is -2.37. The summed E-state index contributed by atoms with van der Waals surface area (Å²) in [5, 5.41) is 8.91. The van der Waals surface area contributed by atoms with Crippen LogP contribution in [-0.2, 0) is 4.79 Å². The van der Waals surface area contributed by atoms with Crippen LogP contribution in [-0.4, -0.2) is 41.3 Å². The predicted octanol–water partition coefficient (Wildman–Crippen LogP) is 2.12. The molecule has 2 atom stereocenters. The molecule has 0 aromatic rings. The zero-order valence-electron chi connectivity index (χ0n) is 9.13. The average molecular weight is 239 g/mol. The number of nitrogens with zero attached hydrogens (tertiary/aromatic N) is 1. The second-order valence-electron chi connectivity index (χ2n) is 4.24. The second-order valence-corrected chi connectivity index (χ2v) is 4.24. The number of halogens is 3. The van der Waals surface area contributed by atoms with Crippen LogP contribution >= 0.6 is 0 Å². The van der Waals surface area contributed by atoms with Crippen LogP contribution in [0.3, 0.4) is 0 Å². The fraction of sp³-hybridized carbons (Fsp3) is 0.900. The Morgan fingerprint density at radius 3 is 2.56 bits per heavy atom. The largest absolute Gasteiger partial charge is 0.480 e. The highest BCUT2D eigenvalue weighted by atomic mass is 19.4. The van der Waals surface area contributed by atoms with Gasteiger partial charge in [0.05, 0.1) is 6.54 Å². The first kappa shape index (κ1) is 13.3. The van der Waals surface area contributed by atoms with Gasteiger partial charge < -0.3 is 5.11 Å². The first-order valence-corrected chi connectivity index (χ1v) is 5.37. The summed E-state index contributed by atoms with van der Waals surface area (Å²) < 4.78 is 36.7. The van der Waals surface area contributed by atoms with Crippen molar-refractivity contribution in [3.05, 3.63) is 0 Å². The number of likely N-dealkylation sites (tertiary alicyclic amines) is 1. The van der Waals surface area contributed by atoms with E-state index in [1.165, 1.54) is 0 Å². The minimum atomic E-state index is -4.33. The molecule has 2 unspecified atom stereocenters. The Morgan fingerprint density at radius 2 is 2.12 bits per heavy atom. The maximum absolute atomic E-state index is 12.2. The van der Waals surface area contributed by atoms with E-state index in [0.717, 1.165) is 11.3 Å². The van der Waals surface area contributed by atoms with Crippen molar-refractivity contribution in [3.8, 4) is 0 Å². The Labute approximate surface area is 92.2 Å². The van der Waals surface area contributed by atoms with E-state index in [4.69, 9.17) is 5.11 Å². The number of hydrogen-bond acceptors (Lipinski definition) is 2. The quantitative estimate of drug-likeness (QED) is 0.820. The van der Waals surface area contributed by atoms with Crippen molar-refractivity contribution in [2.45, 2.75) is 38.4 Å². The summed E-state index contributed by atoms with van der Waals surface area (Å²) in [6.45, 7) is 1.03. The first-order valence-electron chi connectivity index (χ1n) is 5.37. The van der Waals surface area contributed by atoms with Crippen molar-refractivity contribution < 1.29 is 23.1 Å². The molecule has 0 aromatic carbocycles. The van der Waals surface area contributed by atoms with Gasteiger partial charge in [-0.25, -0.2) is 0 Å². The standard InChI is InChI=1S/C10H16F3NO2/c1-2-7-3-4-14(6-10(11,12)13)8(5-7)9(15)16/h7-8H,2-6H2,1H3,(H,15,16). The molecular formula is C10H16F3NO2. The zero-order chi connectivity index (χ0) is 12.3. The number of carbonyl (C=O) groups is 1. The number of carboxylic acids is 1. The van der Waals surface area contributed by atoms with E-state index in [0.29, 0.717) is 12.8 Å². The van der Waals surface area contributed by atoms with Gasteiger partial charge in [0.2, 0.25) is 0 Å². The smallest absolute Gasteiger partial charge is 0.401 e. The van der Waals surface area contributed by atoms with Crippen molar-refractivity contribution >= 4 is 5.97 Å². The molecule has 1 rings (SSSR count). The Hall–Kier alpha value is -0.780. The molecule has 0 aliphatic carbocycles. The van der Waals surface area contributed by atoms with Crippen LogP contribution < -0.4 is 0 Å². The maximum Gasteiger partial charge on any atom is 0.401 e. The third-order valence-corrected chi connectivity index (χ3v) is 3.07. The van der Waals surface area contributed by atoms with Gasteiger partial charge in [0.1, 0.15) is 6.04 Å². The van der Waals surface area contributed by atoms with Gasteiger partial charge in [-0.1, -0.05) is 13.3 Å². The molecule has 3 nitrogen and oxygen atoms in total. The van der Waals surface area contributed by atoms with Crippen LogP contribution in [0.5, 0.6) is 0 Å². The van der Waals surface area contributed by atoms with Gasteiger partial charge in [-0.05, 0) is 25.3 Å². The molecule has 16 heavy (non-hydrogen) atoms. The number of alkyl halides is 3. The van der Waals surface area contributed by atoms with Crippen molar-refractivity contribution in [2.75, 3.05) is 13.1 Å². The molecule has 0 aromatic heterocycles. The molecule has 0 bridgehead atoms. The summed E-state index contributed by atoms with van der Waals surface area (Å²) in [5.41, 5.74) is 0. The molecule has 1 heterocycles. The SMILES string of the molecule is CCC1CCN(CC(F)(F)F)C(C(=O)O)C1. The highest BCUT2D eigenvalue weighted by Crippen LogP contribution is 2.28. The fourth-order valence-electron chi connectivity index (χ4n) is 2.13. The Morgan fingerprint density at radius 1 is 1.50 bits per heavy atom. The topological polar surface area (TPSA) is 40.5 Å². The van der Waals surface area contributed by atoms with Gasteiger partial charge in [-0.2, -0.15) is 13.2 Å². The number of hydrogen-bond donors (Lipinski definition) is 1. The van der Waals surface area contributed by atoms with Crippen molar-refractivity contribution in [1.29, 1.82) is 0 Å². The minimum Gasteiger partial charge on any atom is -0.480 e. The molecule has 0 saturated carbocycles. The molecule has 0 spiro atoms. The summed E-state index contributed by atoms with van der Waals surface area (Å²) in [7, 11) is 0. The number of aliphatic carboxylic acids is 1. The number of rotatable bonds is 3. The second kappa shape index (κ2) is 5.03. The summed E-state index contributed by atoms with van der Waals surface area (Å²) in [6.07, 6.45) is -2.53. The normalized spacial score (nSPS) is 28.0. The van der Waals surface area contributed by atoms with E-state index in [9.17, 15) is 18.0 Å². The maximum atomic E-state index is 12.2. The van der Waals surface area contributed by atoms with E-state index >= 15 is 0 Å². The minimum absolute atomic E-state index is 0.217. The van der Waals surface area contributed by atoms with Crippen molar-refractivity contribution in [2.24, 2.45) is 5.92 Å². The lowest BCUT2D eigenvalue weighted by Crippen LogP contribution is -2.50. The van der Waals surface area contributed by atoms with Gasteiger partial charge in [0.15, 0.2) is 0 Å². The van der Waals surface area contributed by atoms with Crippen LogP contribution in [0.1, 0.15) is 26.2 Å². The number of piperidine rings is 1. The van der Waals surface area contributed by atoms with Gasteiger partial charge in [0.25, 0.3) is 0 Å². The van der Waals surface area contributed by atoms with Gasteiger partial charge >= 0.3 is 12.1 Å².